The Balaban J connectivity index is 2.09. The number of aliphatic hydroxyl groups excluding tert-OH is 1. The lowest BCUT2D eigenvalue weighted by Crippen LogP contribution is -2.55. The topological polar surface area (TPSA) is 57.2 Å². The molecule has 5 heteroatoms. The molecule has 1 aliphatic rings. The first-order chi connectivity index (χ1) is 9.71. The Morgan fingerprint density at radius 1 is 1.20 bits per heavy atom. The van der Waals surface area contributed by atoms with Crippen LogP contribution in [0.3, 0.4) is 0 Å². The van der Waals surface area contributed by atoms with Gasteiger partial charge in [0.15, 0.2) is 11.5 Å². The van der Waals surface area contributed by atoms with Crippen molar-refractivity contribution in [1.82, 2.24) is 0 Å². The first kappa shape index (κ1) is 14.9. The zero-order valence-electron chi connectivity index (χ0n) is 12.2. The molecular formula is C15H22O5. The molecule has 20 heavy (non-hydrogen) atoms. The Hall–Kier alpha value is -1.46. The molecule has 3 atom stereocenters. The smallest absolute Gasteiger partial charge is 0.203 e. The highest BCUT2D eigenvalue weighted by Gasteiger charge is 2.43. The summed E-state index contributed by atoms with van der Waals surface area (Å²) in [6, 6.07) is 5.47. The van der Waals surface area contributed by atoms with Crippen LogP contribution in [0, 0.1) is 0 Å². The molecule has 112 valence electrons. The second-order valence-corrected chi connectivity index (χ2v) is 4.79. The molecule has 0 heterocycles. The van der Waals surface area contributed by atoms with Crippen molar-refractivity contribution >= 4 is 0 Å². The SMILES string of the molecule is CCCOC1C(O)CC1Oc1c(OC)cccc1OC. The molecule has 1 aromatic rings. The maximum Gasteiger partial charge on any atom is 0.203 e. The summed E-state index contributed by atoms with van der Waals surface area (Å²) in [7, 11) is 3.17. The largest absolute Gasteiger partial charge is 0.493 e. The Bertz CT molecular complexity index is 412. The first-order valence-electron chi connectivity index (χ1n) is 6.88. The quantitative estimate of drug-likeness (QED) is 0.829. The molecule has 1 saturated carbocycles. The minimum Gasteiger partial charge on any atom is -0.493 e. The van der Waals surface area contributed by atoms with Crippen LogP contribution in [0.4, 0.5) is 0 Å². The molecule has 0 spiro atoms. The van der Waals surface area contributed by atoms with Crippen molar-refractivity contribution in [3.63, 3.8) is 0 Å². The predicted octanol–water partition coefficient (Wildman–Crippen LogP) is 2.01. The third-order valence-electron chi connectivity index (χ3n) is 3.39. The minimum absolute atomic E-state index is 0.179. The number of methoxy groups -OCH3 is 2. The summed E-state index contributed by atoms with van der Waals surface area (Å²) in [6.07, 6.45) is 0.530. The molecule has 2 rings (SSSR count). The van der Waals surface area contributed by atoms with Crippen molar-refractivity contribution in [2.45, 2.75) is 38.1 Å². The van der Waals surface area contributed by atoms with Crippen LogP contribution in [0.2, 0.25) is 0 Å². The van der Waals surface area contributed by atoms with Crippen LogP contribution in [-0.4, -0.2) is 44.2 Å². The number of hydrogen-bond acceptors (Lipinski definition) is 5. The van der Waals surface area contributed by atoms with Gasteiger partial charge in [0.25, 0.3) is 0 Å². The van der Waals surface area contributed by atoms with E-state index in [-0.39, 0.29) is 12.2 Å². The zero-order chi connectivity index (χ0) is 14.5. The lowest BCUT2D eigenvalue weighted by Gasteiger charge is -2.41. The number of aliphatic hydroxyl groups is 1. The first-order valence-corrected chi connectivity index (χ1v) is 6.88. The number of ether oxygens (including phenoxy) is 4. The van der Waals surface area contributed by atoms with E-state index in [0.717, 1.165) is 6.42 Å². The average Bonchev–Trinajstić information content (AvgIpc) is 2.47. The fourth-order valence-electron chi connectivity index (χ4n) is 2.23. The molecule has 1 fully saturated rings. The van der Waals surface area contributed by atoms with Crippen molar-refractivity contribution in [2.75, 3.05) is 20.8 Å². The Kier molecular flexibility index (Phi) is 5.09. The monoisotopic (exact) mass is 282 g/mol. The van der Waals surface area contributed by atoms with Gasteiger partial charge in [-0.3, -0.25) is 0 Å². The maximum atomic E-state index is 9.77. The van der Waals surface area contributed by atoms with E-state index in [4.69, 9.17) is 18.9 Å². The zero-order valence-corrected chi connectivity index (χ0v) is 12.2. The molecule has 3 unspecified atom stereocenters. The van der Waals surface area contributed by atoms with E-state index in [0.29, 0.717) is 30.3 Å². The predicted molar refractivity (Wildman–Crippen MR) is 74.6 cm³/mol. The Labute approximate surface area is 119 Å². The van der Waals surface area contributed by atoms with Crippen LogP contribution in [0.5, 0.6) is 17.2 Å². The van der Waals surface area contributed by atoms with Crippen LogP contribution in [0.1, 0.15) is 19.8 Å². The average molecular weight is 282 g/mol. The normalized spacial score (nSPS) is 24.9. The Morgan fingerprint density at radius 2 is 1.85 bits per heavy atom. The fourth-order valence-corrected chi connectivity index (χ4v) is 2.23. The van der Waals surface area contributed by atoms with Gasteiger partial charge in [0.2, 0.25) is 5.75 Å². The molecule has 0 aromatic heterocycles. The number of benzene rings is 1. The molecule has 5 nitrogen and oxygen atoms in total. The van der Waals surface area contributed by atoms with E-state index < -0.39 is 6.10 Å². The van der Waals surface area contributed by atoms with E-state index in [1.54, 1.807) is 14.2 Å². The number of rotatable bonds is 7. The van der Waals surface area contributed by atoms with Crippen LogP contribution >= 0.6 is 0 Å². The highest BCUT2D eigenvalue weighted by atomic mass is 16.6. The number of hydrogen-bond donors (Lipinski definition) is 1. The van der Waals surface area contributed by atoms with Crippen molar-refractivity contribution in [3.05, 3.63) is 18.2 Å². The maximum absolute atomic E-state index is 9.77. The minimum atomic E-state index is -0.466. The molecule has 1 aromatic carbocycles. The van der Waals surface area contributed by atoms with Crippen LogP contribution in [-0.2, 0) is 4.74 Å². The van der Waals surface area contributed by atoms with E-state index in [9.17, 15) is 5.11 Å². The summed E-state index contributed by atoms with van der Waals surface area (Å²) in [5.74, 6) is 1.78. The van der Waals surface area contributed by atoms with Gasteiger partial charge in [0, 0.05) is 13.0 Å². The van der Waals surface area contributed by atoms with E-state index in [1.807, 2.05) is 25.1 Å². The third-order valence-corrected chi connectivity index (χ3v) is 3.39. The molecule has 0 saturated heterocycles. The molecule has 0 aliphatic heterocycles. The third kappa shape index (κ3) is 2.99. The van der Waals surface area contributed by atoms with Gasteiger partial charge in [0.05, 0.1) is 20.3 Å². The second kappa shape index (κ2) is 6.81. The summed E-state index contributed by atoms with van der Waals surface area (Å²) in [5.41, 5.74) is 0. The molecule has 1 N–H and O–H groups in total. The lowest BCUT2D eigenvalue weighted by molar-refractivity contribution is -0.163. The van der Waals surface area contributed by atoms with Gasteiger partial charge in [-0.25, -0.2) is 0 Å². The van der Waals surface area contributed by atoms with Gasteiger partial charge in [-0.2, -0.15) is 0 Å². The van der Waals surface area contributed by atoms with Crippen molar-refractivity contribution in [2.24, 2.45) is 0 Å². The van der Waals surface area contributed by atoms with Gasteiger partial charge in [-0.05, 0) is 18.6 Å². The highest BCUT2D eigenvalue weighted by molar-refractivity contribution is 5.51. The van der Waals surface area contributed by atoms with Gasteiger partial charge in [-0.15, -0.1) is 0 Å². The molecule has 0 bridgehead atoms. The van der Waals surface area contributed by atoms with E-state index >= 15 is 0 Å². The number of para-hydroxylation sites is 1. The van der Waals surface area contributed by atoms with Gasteiger partial charge >= 0.3 is 0 Å². The molecule has 0 radical (unpaired) electrons. The standard InChI is InChI=1S/C15H22O5/c1-4-8-19-14-10(16)9-13(14)20-15-11(17-2)6-5-7-12(15)18-3/h5-7,10,13-14,16H,4,8-9H2,1-3H3. The van der Waals surface area contributed by atoms with Crippen molar-refractivity contribution < 1.29 is 24.1 Å². The summed E-state index contributed by atoms with van der Waals surface area (Å²) in [6.45, 7) is 2.65. The van der Waals surface area contributed by atoms with Crippen molar-refractivity contribution in [1.29, 1.82) is 0 Å². The Morgan fingerprint density at radius 3 is 2.35 bits per heavy atom. The van der Waals surface area contributed by atoms with Gasteiger partial charge in [0.1, 0.15) is 12.2 Å². The lowest BCUT2D eigenvalue weighted by atomic mass is 9.88. The van der Waals surface area contributed by atoms with E-state index in [1.165, 1.54) is 0 Å². The molecular weight excluding hydrogens is 260 g/mol. The van der Waals surface area contributed by atoms with Crippen LogP contribution in [0.25, 0.3) is 0 Å². The summed E-state index contributed by atoms with van der Waals surface area (Å²) in [4.78, 5) is 0. The van der Waals surface area contributed by atoms with Crippen LogP contribution in [0.15, 0.2) is 18.2 Å². The summed E-state index contributed by atoms with van der Waals surface area (Å²) >= 11 is 0. The summed E-state index contributed by atoms with van der Waals surface area (Å²) < 4.78 is 22.1. The molecule has 0 amide bonds. The van der Waals surface area contributed by atoms with Crippen LogP contribution < -0.4 is 14.2 Å². The second-order valence-electron chi connectivity index (χ2n) is 4.79. The van der Waals surface area contributed by atoms with Crippen molar-refractivity contribution in [3.8, 4) is 17.2 Å². The molecule has 1 aliphatic carbocycles. The van der Waals surface area contributed by atoms with Gasteiger partial charge in [-0.1, -0.05) is 13.0 Å². The highest BCUT2D eigenvalue weighted by Crippen LogP contribution is 2.40. The van der Waals surface area contributed by atoms with Gasteiger partial charge < -0.3 is 24.1 Å². The summed E-state index contributed by atoms with van der Waals surface area (Å²) in [5, 5.41) is 9.77. The fraction of sp³-hybridized carbons (Fsp3) is 0.600. The van der Waals surface area contributed by atoms with E-state index in [2.05, 4.69) is 0 Å².